The molecule has 0 radical (unpaired) electrons. The van der Waals surface area contributed by atoms with Crippen molar-refractivity contribution in [2.75, 3.05) is 18.4 Å². The number of hydrogen-bond acceptors (Lipinski definition) is 6. The Morgan fingerprint density at radius 1 is 1.00 bits per heavy atom. The van der Waals surface area contributed by atoms with Crippen LogP contribution in [0.2, 0.25) is 0 Å². The molecule has 0 saturated carbocycles. The smallest absolute Gasteiger partial charge is 0.269 e. The molecule has 9 heteroatoms. The summed E-state index contributed by atoms with van der Waals surface area (Å²) in [6, 6.07) is 23.6. The molecule has 3 N–H and O–H groups in total. The van der Waals surface area contributed by atoms with Crippen molar-refractivity contribution < 1.29 is 14.8 Å². The zero-order valence-corrected chi connectivity index (χ0v) is 20.3. The number of benzene rings is 3. The van der Waals surface area contributed by atoms with Gasteiger partial charge in [-0.05, 0) is 41.8 Å². The fourth-order valence-corrected chi connectivity index (χ4v) is 3.94. The van der Waals surface area contributed by atoms with E-state index in [-0.39, 0.29) is 18.0 Å². The number of carbonyl (C=O) groups excluding carboxylic acids is 1. The molecule has 4 rings (SSSR count). The molecule has 0 unspecified atom stereocenters. The van der Waals surface area contributed by atoms with Crippen molar-refractivity contribution in [3.05, 3.63) is 124 Å². The van der Waals surface area contributed by atoms with Gasteiger partial charge in [0.05, 0.1) is 17.4 Å². The van der Waals surface area contributed by atoms with Gasteiger partial charge >= 0.3 is 0 Å². The average Bonchev–Trinajstić information content (AvgIpc) is 3.34. The van der Waals surface area contributed by atoms with Gasteiger partial charge in [-0.15, -0.1) is 0 Å². The van der Waals surface area contributed by atoms with Gasteiger partial charge < -0.3 is 20.3 Å². The molecular weight excluding hydrogens is 470 g/mol. The molecule has 0 aliphatic heterocycles. The molecule has 1 atom stereocenters. The molecule has 1 aromatic heterocycles. The standard InChI is InChI=1S/C28H29N5O4/c34-26(23-4-2-1-3-5-23)19-29-15-14-21-6-10-24(11-7-21)31-28(35)18-27-30-16-17-32(27)20-22-8-12-25(13-9-22)33(36)37/h1-13,16-17,26,29,34H,14-15,18-20H2,(H,31,35)/t26-/m0/s1. The van der Waals surface area contributed by atoms with Crippen molar-refractivity contribution in [2.45, 2.75) is 25.5 Å². The van der Waals surface area contributed by atoms with Gasteiger partial charge in [0.1, 0.15) is 5.82 Å². The van der Waals surface area contributed by atoms with Gasteiger partial charge in [0.25, 0.3) is 5.69 Å². The maximum Gasteiger partial charge on any atom is 0.269 e. The molecule has 1 amide bonds. The summed E-state index contributed by atoms with van der Waals surface area (Å²) in [5.74, 6) is 0.428. The average molecular weight is 500 g/mol. The number of aromatic nitrogens is 2. The summed E-state index contributed by atoms with van der Waals surface area (Å²) in [6.07, 6.45) is 3.79. The fraction of sp³-hybridized carbons (Fsp3) is 0.214. The minimum Gasteiger partial charge on any atom is -0.387 e. The first-order chi connectivity index (χ1) is 18.0. The summed E-state index contributed by atoms with van der Waals surface area (Å²) >= 11 is 0. The summed E-state index contributed by atoms with van der Waals surface area (Å²) in [7, 11) is 0. The van der Waals surface area contributed by atoms with Crippen LogP contribution in [0.3, 0.4) is 0 Å². The number of non-ortho nitro benzene ring substituents is 1. The maximum absolute atomic E-state index is 12.6. The number of anilines is 1. The number of nitro groups is 1. The number of amides is 1. The first-order valence-corrected chi connectivity index (χ1v) is 12.0. The number of aliphatic hydroxyl groups excluding tert-OH is 1. The van der Waals surface area contributed by atoms with Crippen LogP contribution in [0.4, 0.5) is 11.4 Å². The van der Waals surface area contributed by atoms with Gasteiger partial charge in [0.2, 0.25) is 5.91 Å². The first kappa shape index (κ1) is 25.7. The molecule has 0 fully saturated rings. The molecule has 3 aromatic carbocycles. The number of nitrogens with one attached hydrogen (secondary N) is 2. The van der Waals surface area contributed by atoms with Gasteiger partial charge in [-0.3, -0.25) is 14.9 Å². The van der Waals surface area contributed by atoms with E-state index in [1.807, 2.05) is 59.2 Å². The molecule has 0 spiro atoms. The summed E-state index contributed by atoms with van der Waals surface area (Å²) < 4.78 is 1.85. The highest BCUT2D eigenvalue weighted by Crippen LogP contribution is 2.15. The third kappa shape index (κ3) is 7.57. The monoisotopic (exact) mass is 499 g/mol. The van der Waals surface area contributed by atoms with Crippen LogP contribution in [-0.2, 0) is 24.2 Å². The fourth-order valence-electron chi connectivity index (χ4n) is 3.94. The predicted octanol–water partition coefficient (Wildman–Crippen LogP) is 3.89. The van der Waals surface area contributed by atoms with E-state index >= 15 is 0 Å². The zero-order chi connectivity index (χ0) is 26.0. The summed E-state index contributed by atoms with van der Waals surface area (Å²) in [5, 5.41) is 27.2. The van der Waals surface area contributed by atoms with Crippen LogP contribution in [0.15, 0.2) is 91.3 Å². The van der Waals surface area contributed by atoms with Crippen molar-refractivity contribution in [1.29, 1.82) is 0 Å². The molecule has 9 nitrogen and oxygen atoms in total. The number of aliphatic hydroxyl groups is 1. The molecule has 1 heterocycles. The van der Waals surface area contributed by atoms with Gasteiger partial charge in [-0.1, -0.05) is 54.6 Å². The molecule has 0 saturated heterocycles. The van der Waals surface area contributed by atoms with Crippen molar-refractivity contribution in [3.8, 4) is 0 Å². The third-order valence-corrected chi connectivity index (χ3v) is 5.97. The van der Waals surface area contributed by atoms with E-state index in [0.717, 1.165) is 29.7 Å². The minimum absolute atomic E-state index is 0.0399. The van der Waals surface area contributed by atoms with Gasteiger partial charge in [0.15, 0.2) is 0 Å². The highest BCUT2D eigenvalue weighted by Gasteiger charge is 2.11. The number of carbonyl (C=O) groups is 1. The van der Waals surface area contributed by atoms with Crippen molar-refractivity contribution >= 4 is 17.3 Å². The van der Waals surface area contributed by atoms with E-state index in [9.17, 15) is 20.0 Å². The van der Waals surface area contributed by atoms with Crippen molar-refractivity contribution in [1.82, 2.24) is 14.9 Å². The second kappa shape index (κ2) is 12.6. The Hall–Kier alpha value is -4.34. The predicted molar refractivity (Wildman–Crippen MR) is 141 cm³/mol. The van der Waals surface area contributed by atoms with E-state index < -0.39 is 11.0 Å². The van der Waals surface area contributed by atoms with Crippen LogP contribution in [-0.4, -0.2) is 38.6 Å². The SMILES string of the molecule is O=C(Cc1nccn1Cc1ccc([N+](=O)[O-])cc1)Nc1ccc(CCNC[C@H](O)c2ccccc2)cc1. The van der Waals surface area contributed by atoms with Crippen LogP contribution in [0.25, 0.3) is 0 Å². The second-order valence-corrected chi connectivity index (χ2v) is 8.70. The number of hydrogen-bond donors (Lipinski definition) is 3. The summed E-state index contributed by atoms with van der Waals surface area (Å²) in [5.41, 5.74) is 3.64. The lowest BCUT2D eigenvalue weighted by Crippen LogP contribution is -2.23. The van der Waals surface area contributed by atoms with E-state index in [1.165, 1.54) is 12.1 Å². The van der Waals surface area contributed by atoms with Crippen LogP contribution in [0.1, 0.15) is 28.6 Å². The molecule has 0 aliphatic carbocycles. The Labute approximate surface area is 215 Å². The lowest BCUT2D eigenvalue weighted by molar-refractivity contribution is -0.384. The summed E-state index contributed by atoms with van der Waals surface area (Å²) in [6.45, 7) is 1.68. The number of nitrogens with zero attached hydrogens (tertiary/aromatic N) is 3. The van der Waals surface area contributed by atoms with Crippen molar-refractivity contribution in [3.63, 3.8) is 0 Å². The quantitative estimate of drug-likeness (QED) is 0.154. The topological polar surface area (TPSA) is 122 Å². The van der Waals surface area contributed by atoms with Crippen LogP contribution in [0.5, 0.6) is 0 Å². The number of nitro benzene ring substituents is 1. The highest BCUT2D eigenvalue weighted by molar-refractivity contribution is 5.91. The lowest BCUT2D eigenvalue weighted by Gasteiger charge is -2.12. The molecule has 37 heavy (non-hydrogen) atoms. The number of imidazole rings is 1. The Kier molecular flexibility index (Phi) is 8.75. The van der Waals surface area contributed by atoms with Gasteiger partial charge in [-0.25, -0.2) is 4.98 Å². The normalized spacial score (nSPS) is 11.7. The molecular formula is C28H29N5O4. The third-order valence-electron chi connectivity index (χ3n) is 5.97. The Morgan fingerprint density at radius 2 is 1.70 bits per heavy atom. The van der Waals surface area contributed by atoms with E-state index in [1.54, 1.807) is 24.5 Å². The highest BCUT2D eigenvalue weighted by atomic mass is 16.6. The zero-order valence-electron chi connectivity index (χ0n) is 20.3. The first-order valence-electron chi connectivity index (χ1n) is 12.0. The second-order valence-electron chi connectivity index (χ2n) is 8.70. The Bertz CT molecular complexity index is 1300. The summed E-state index contributed by atoms with van der Waals surface area (Å²) in [4.78, 5) is 27.3. The van der Waals surface area contributed by atoms with E-state index in [2.05, 4.69) is 15.6 Å². The molecule has 0 bridgehead atoms. The molecule has 4 aromatic rings. The Balaban J connectivity index is 1.22. The minimum atomic E-state index is -0.538. The van der Waals surface area contributed by atoms with Gasteiger partial charge in [-0.2, -0.15) is 0 Å². The van der Waals surface area contributed by atoms with E-state index in [0.29, 0.717) is 24.6 Å². The van der Waals surface area contributed by atoms with Crippen LogP contribution < -0.4 is 10.6 Å². The van der Waals surface area contributed by atoms with E-state index in [4.69, 9.17) is 0 Å². The Morgan fingerprint density at radius 3 is 2.41 bits per heavy atom. The molecule has 0 aliphatic rings. The number of rotatable bonds is 12. The largest absolute Gasteiger partial charge is 0.387 e. The van der Waals surface area contributed by atoms with Gasteiger partial charge in [0, 0.05) is 43.3 Å². The van der Waals surface area contributed by atoms with Crippen LogP contribution in [0, 0.1) is 10.1 Å². The van der Waals surface area contributed by atoms with Crippen molar-refractivity contribution in [2.24, 2.45) is 0 Å². The van der Waals surface area contributed by atoms with Crippen LogP contribution >= 0.6 is 0 Å². The lowest BCUT2D eigenvalue weighted by atomic mass is 10.1. The maximum atomic E-state index is 12.6. The molecule has 190 valence electrons.